The first-order valence-corrected chi connectivity index (χ1v) is 6.45. The molecule has 4 unspecified atom stereocenters. The molecule has 0 aromatic carbocycles. The molecule has 1 aliphatic rings. The zero-order valence-electron chi connectivity index (χ0n) is 12.0. The third kappa shape index (κ3) is 2.91. The highest BCUT2D eigenvalue weighted by Crippen LogP contribution is 2.53. The second-order valence-corrected chi connectivity index (χ2v) is 5.41. The van der Waals surface area contributed by atoms with Crippen LogP contribution >= 0.6 is 0 Å². The summed E-state index contributed by atoms with van der Waals surface area (Å²) in [6.07, 6.45) is -14.7. The SMILES string of the molecule is CCOC1(C(C)(F)C(F)(F)F)CCC(C(C)(F)C(F)(F)F)O1. The lowest BCUT2D eigenvalue weighted by molar-refractivity contribution is -0.374. The summed E-state index contributed by atoms with van der Waals surface area (Å²) in [7, 11) is 0. The Morgan fingerprint density at radius 2 is 1.50 bits per heavy atom. The van der Waals surface area contributed by atoms with Crippen LogP contribution in [0.5, 0.6) is 0 Å². The van der Waals surface area contributed by atoms with Crippen LogP contribution in [-0.2, 0) is 9.47 Å². The minimum Gasteiger partial charge on any atom is -0.347 e. The van der Waals surface area contributed by atoms with Crippen molar-refractivity contribution in [1.29, 1.82) is 0 Å². The number of hydrogen-bond donors (Lipinski definition) is 0. The Morgan fingerprint density at radius 3 is 1.86 bits per heavy atom. The van der Waals surface area contributed by atoms with Crippen LogP contribution in [0.3, 0.4) is 0 Å². The van der Waals surface area contributed by atoms with Crippen molar-refractivity contribution < 1.29 is 44.6 Å². The van der Waals surface area contributed by atoms with Crippen LogP contribution in [0.2, 0.25) is 0 Å². The number of halogens is 8. The lowest BCUT2D eigenvalue weighted by atomic mass is 9.92. The van der Waals surface area contributed by atoms with Gasteiger partial charge in [0.05, 0.1) is 0 Å². The van der Waals surface area contributed by atoms with Gasteiger partial charge in [-0.3, -0.25) is 0 Å². The van der Waals surface area contributed by atoms with Crippen molar-refractivity contribution in [1.82, 2.24) is 0 Å². The molecule has 0 amide bonds. The molecule has 22 heavy (non-hydrogen) atoms. The van der Waals surface area contributed by atoms with E-state index >= 15 is 0 Å². The molecule has 1 rings (SSSR count). The molecule has 1 fully saturated rings. The maximum Gasteiger partial charge on any atom is 0.427 e. The summed E-state index contributed by atoms with van der Waals surface area (Å²) >= 11 is 0. The van der Waals surface area contributed by atoms with Gasteiger partial charge in [-0.1, -0.05) is 0 Å². The van der Waals surface area contributed by atoms with E-state index in [1.54, 1.807) is 0 Å². The van der Waals surface area contributed by atoms with Gasteiger partial charge in [0.2, 0.25) is 11.5 Å². The second kappa shape index (κ2) is 5.47. The molecule has 4 atom stereocenters. The number of ether oxygens (including phenoxy) is 2. The van der Waals surface area contributed by atoms with Crippen molar-refractivity contribution in [3.05, 3.63) is 0 Å². The van der Waals surface area contributed by atoms with E-state index in [9.17, 15) is 35.1 Å². The van der Waals surface area contributed by atoms with Gasteiger partial charge in [-0.2, -0.15) is 26.3 Å². The molecule has 0 N–H and O–H groups in total. The van der Waals surface area contributed by atoms with Crippen LogP contribution in [0.1, 0.15) is 33.6 Å². The zero-order valence-corrected chi connectivity index (χ0v) is 12.0. The molecule has 1 aliphatic heterocycles. The molecule has 0 aromatic heterocycles. The fourth-order valence-corrected chi connectivity index (χ4v) is 2.27. The lowest BCUT2D eigenvalue weighted by Crippen LogP contribution is -2.61. The summed E-state index contributed by atoms with van der Waals surface area (Å²) in [6.45, 7) is 1.03. The maximum absolute atomic E-state index is 14.2. The summed E-state index contributed by atoms with van der Waals surface area (Å²) in [6, 6.07) is 0. The molecule has 1 heterocycles. The maximum atomic E-state index is 14.2. The molecule has 0 aromatic rings. The van der Waals surface area contributed by atoms with Crippen molar-refractivity contribution in [3.8, 4) is 0 Å². The highest BCUT2D eigenvalue weighted by Gasteiger charge is 2.72. The largest absolute Gasteiger partial charge is 0.427 e. The number of rotatable bonds is 4. The molecule has 0 spiro atoms. The van der Waals surface area contributed by atoms with Crippen LogP contribution in [-0.4, -0.2) is 42.2 Å². The first-order chi connectivity index (χ1) is 9.62. The first-order valence-electron chi connectivity index (χ1n) is 6.45. The summed E-state index contributed by atoms with van der Waals surface area (Å²) in [5.74, 6) is -3.01. The van der Waals surface area contributed by atoms with Crippen molar-refractivity contribution in [3.63, 3.8) is 0 Å². The van der Waals surface area contributed by atoms with Gasteiger partial charge in [-0.15, -0.1) is 0 Å². The molecule has 10 heteroatoms. The molecule has 0 bridgehead atoms. The van der Waals surface area contributed by atoms with E-state index in [2.05, 4.69) is 9.47 Å². The van der Waals surface area contributed by atoms with E-state index < -0.39 is 55.0 Å². The van der Waals surface area contributed by atoms with Crippen LogP contribution in [0, 0.1) is 0 Å². The molecule has 0 radical (unpaired) electrons. The number of alkyl halides is 8. The highest BCUT2D eigenvalue weighted by molar-refractivity contribution is 5.05. The van der Waals surface area contributed by atoms with E-state index in [1.165, 1.54) is 6.92 Å². The predicted molar refractivity (Wildman–Crippen MR) is 59.6 cm³/mol. The van der Waals surface area contributed by atoms with Crippen LogP contribution in [0.15, 0.2) is 0 Å². The smallest absolute Gasteiger partial charge is 0.347 e. The lowest BCUT2D eigenvalue weighted by Gasteiger charge is -2.41. The van der Waals surface area contributed by atoms with Gasteiger partial charge in [0.1, 0.15) is 6.10 Å². The zero-order chi connectivity index (χ0) is 17.6. The minimum atomic E-state index is -5.46. The summed E-state index contributed by atoms with van der Waals surface area (Å²) in [4.78, 5) is 0. The van der Waals surface area contributed by atoms with Gasteiger partial charge in [0.15, 0.2) is 0 Å². The molecular weight excluding hydrogens is 328 g/mol. The van der Waals surface area contributed by atoms with E-state index in [0.717, 1.165) is 0 Å². The van der Waals surface area contributed by atoms with Crippen molar-refractivity contribution in [2.45, 2.75) is 69.2 Å². The average Bonchev–Trinajstić information content (AvgIpc) is 2.73. The average molecular weight is 344 g/mol. The summed E-state index contributed by atoms with van der Waals surface area (Å²) < 4.78 is 114. The highest BCUT2D eigenvalue weighted by atomic mass is 19.4. The fourth-order valence-electron chi connectivity index (χ4n) is 2.27. The van der Waals surface area contributed by atoms with Crippen molar-refractivity contribution >= 4 is 0 Å². The van der Waals surface area contributed by atoms with Gasteiger partial charge >= 0.3 is 12.4 Å². The monoisotopic (exact) mass is 344 g/mol. The predicted octanol–water partition coefficient (Wildman–Crippen LogP) is 4.48. The molecule has 0 aliphatic carbocycles. The van der Waals surface area contributed by atoms with Crippen molar-refractivity contribution in [2.75, 3.05) is 6.61 Å². The second-order valence-electron chi connectivity index (χ2n) is 5.41. The van der Waals surface area contributed by atoms with Crippen molar-refractivity contribution in [2.24, 2.45) is 0 Å². The topological polar surface area (TPSA) is 18.5 Å². The van der Waals surface area contributed by atoms with Gasteiger partial charge in [0, 0.05) is 13.0 Å². The molecule has 0 saturated carbocycles. The van der Waals surface area contributed by atoms with Gasteiger partial charge in [0.25, 0.3) is 5.67 Å². The quantitative estimate of drug-likeness (QED) is 0.700. The standard InChI is InChI=1S/C12H16F8O2/c1-4-21-10(9(3,14)12(18,19)20)6-5-7(22-10)8(2,13)11(15,16)17/h7H,4-6H2,1-3H3. The van der Waals surface area contributed by atoms with Crippen LogP contribution in [0.25, 0.3) is 0 Å². The molecular formula is C12H16F8O2. The summed E-state index contributed by atoms with van der Waals surface area (Å²) in [5, 5.41) is 0. The molecule has 2 nitrogen and oxygen atoms in total. The fraction of sp³-hybridized carbons (Fsp3) is 1.00. The van der Waals surface area contributed by atoms with Gasteiger partial charge in [-0.05, 0) is 27.2 Å². The molecule has 132 valence electrons. The Kier molecular flexibility index (Phi) is 4.82. The molecule has 1 saturated heterocycles. The minimum absolute atomic E-state index is 0.105. The van der Waals surface area contributed by atoms with E-state index in [4.69, 9.17) is 0 Å². The Labute approximate surface area is 121 Å². The first kappa shape index (κ1) is 19.4. The summed E-state index contributed by atoms with van der Waals surface area (Å²) in [5.41, 5.74) is -8.01. The normalized spacial score (nSPS) is 32.6. The van der Waals surface area contributed by atoms with E-state index in [1.807, 2.05) is 0 Å². The number of hydrogen-bond acceptors (Lipinski definition) is 2. The Balaban J connectivity index is 3.18. The van der Waals surface area contributed by atoms with Crippen LogP contribution in [0.4, 0.5) is 35.1 Å². The van der Waals surface area contributed by atoms with Gasteiger partial charge in [-0.25, -0.2) is 8.78 Å². The Bertz CT molecular complexity index is 401. The van der Waals surface area contributed by atoms with Crippen LogP contribution < -0.4 is 0 Å². The third-order valence-electron chi connectivity index (χ3n) is 3.85. The van der Waals surface area contributed by atoms with E-state index in [-0.39, 0.29) is 13.8 Å². The van der Waals surface area contributed by atoms with Gasteiger partial charge < -0.3 is 9.47 Å². The third-order valence-corrected chi connectivity index (χ3v) is 3.85. The Morgan fingerprint density at radius 1 is 1.00 bits per heavy atom. The Hall–Kier alpha value is -0.640. The van der Waals surface area contributed by atoms with E-state index in [0.29, 0.717) is 0 Å².